The summed E-state index contributed by atoms with van der Waals surface area (Å²) in [5.41, 5.74) is 0.875. The number of nitrogens with zero attached hydrogens (tertiary/aromatic N) is 1. The Balaban J connectivity index is 2.52. The van der Waals surface area contributed by atoms with Crippen LogP contribution < -0.4 is 5.32 Å². The van der Waals surface area contributed by atoms with Crippen molar-refractivity contribution < 1.29 is 14.3 Å². The highest BCUT2D eigenvalue weighted by atomic mass is 16.5. The molecule has 0 aliphatic rings. The van der Waals surface area contributed by atoms with E-state index in [0.29, 0.717) is 11.1 Å². The van der Waals surface area contributed by atoms with Crippen molar-refractivity contribution in [2.45, 2.75) is 6.92 Å². The highest BCUT2D eigenvalue weighted by Gasteiger charge is 2.08. The Morgan fingerprint density at radius 1 is 1.35 bits per heavy atom. The van der Waals surface area contributed by atoms with Crippen LogP contribution in [0.4, 0.5) is 0 Å². The van der Waals surface area contributed by atoms with Crippen molar-refractivity contribution in [3.8, 4) is 6.07 Å². The number of rotatable bonds is 4. The lowest BCUT2D eigenvalue weighted by Crippen LogP contribution is -2.30. The lowest BCUT2D eigenvalue weighted by molar-refractivity contribution is -0.141. The number of nitrogens with one attached hydrogen (secondary N) is 1. The highest BCUT2D eigenvalue weighted by Crippen LogP contribution is 2.02. The number of esters is 1. The Labute approximate surface area is 99.0 Å². The monoisotopic (exact) mass is 232 g/mol. The summed E-state index contributed by atoms with van der Waals surface area (Å²) in [6, 6.07) is 8.09. The molecule has 1 aromatic carbocycles. The van der Waals surface area contributed by atoms with Crippen LogP contribution in [-0.4, -0.2) is 25.0 Å². The van der Waals surface area contributed by atoms with Gasteiger partial charge in [0.15, 0.2) is 0 Å². The number of ether oxygens (including phenoxy) is 1. The van der Waals surface area contributed by atoms with Crippen LogP contribution in [0.1, 0.15) is 22.8 Å². The van der Waals surface area contributed by atoms with Gasteiger partial charge in [-0.25, -0.2) is 0 Å². The van der Waals surface area contributed by atoms with Crippen molar-refractivity contribution in [3.63, 3.8) is 0 Å². The molecule has 17 heavy (non-hydrogen) atoms. The molecular formula is C12H12N2O3. The number of carbonyl (C=O) groups is 2. The van der Waals surface area contributed by atoms with Gasteiger partial charge in [0.25, 0.3) is 5.91 Å². The molecule has 0 aliphatic heterocycles. The van der Waals surface area contributed by atoms with E-state index < -0.39 is 5.97 Å². The maximum atomic E-state index is 11.6. The molecule has 0 aliphatic carbocycles. The first kappa shape index (κ1) is 12.7. The van der Waals surface area contributed by atoms with Gasteiger partial charge in [0.2, 0.25) is 0 Å². The third-order valence-electron chi connectivity index (χ3n) is 1.97. The van der Waals surface area contributed by atoms with Crippen molar-refractivity contribution in [3.05, 3.63) is 35.4 Å². The lowest BCUT2D eigenvalue weighted by Gasteiger charge is -2.04. The quantitative estimate of drug-likeness (QED) is 0.780. The first-order valence-corrected chi connectivity index (χ1v) is 5.11. The lowest BCUT2D eigenvalue weighted by atomic mass is 10.1. The molecule has 0 aromatic heterocycles. The van der Waals surface area contributed by atoms with Crippen molar-refractivity contribution in [2.75, 3.05) is 13.2 Å². The van der Waals surface area contributed by atoms with Crippen molar-refractivity contribution in [1.82, 2.24) is 5.32 Å². The van der Waals surface area contributed by atoms with E-state index in [1.165, 1.54) is 12.1 Å². The summed E-state index contributed by atoms with van der Waals surface area (Å²) in [7, 11) is 0. The summed E-state index contributed by atoms with van der Waals surface area (Å²) in [6.45, 7) is 1.82. The smallest absolute Gasteiger partial charge is 0.325 e. The van der Waals surface area contributed by atoms with Crippen LogP contribution in [0, 0.1) is 11.3 Å². The van der Waals surface area contributed by atoms with Crippen LogP contribution in [0.5, 0.6) is 0 Å². The third-order valence-corrected chi connectivity index (χ3v) is 1.97. The zero-order chi connectivity index (χ0) is 12.7. The summed E-state index contributed by atoms with van der Waals surface area (Å²) in [6.07, 6.45) is 0. The zero-order valence-electron chi connectivity index (χ0n) is 9.40. The molecule has 0 saturated heterocycles. The van der Waals surface area contributed by atoms with E-state index in [2.05, 4.69) is 10.1 Å². The van der Waals surface area contributed by atoms with Crippen molar-refractivity contribution >= 4 is 11.9 Å². The molecule has 1 amide bonds. The number of hydrogen-bond donors (Lipinski definition) is 1. The Morgan fingerprint density at radius 2 is 2.00 bits per heavy atom. The molecule has 5 heteroatoms. The molecule has 0 unspecified atom stereocenters. The predicted octanol–water partition coefficient (Wildman–Crippen LogP) is 0.851. The van der Waals surface area contributed by atoms with Crippen LogP contribution in [-0.2, 0) is 9.53 Å². The van der Waals surface area contributed by atoms with Gasteiger partial charge >= 0.3 is 5.97 Å². The van der Waals surface area contributed by atoms with Gasteiger partial charge in [-0.05, 0) is 31.2 Å². The standard InChI is InChI=1S/C12H12N2O3/c1-2-17-11(15)8-14-12(16)10-5-3-9(7-13)4-6-10/h3-6H,2,8H2,1H3,(H,14,16). The number of nitriles is 1. The minimum atomic E-state index is -0.477. The fourth-order valence-electron chi connectivity index (χ4n) is 1.16. The first-order valence-electron chi connectivity index (χ1n) is 5.11. The molecule has 1 rings (SSSR count). The molecule has 0 saturated carbocycles. The second kappa shape index (κ2) is 6.28. The van der Waals surface area contributed by atoms with Gasteiger partial charge in [-0.3, -0.25) is 9.59 Å². The van der Waals surface area contributed by atoms with Crippen LogP contribution >= 0.6 is 0 Å². The van der Waals surface area contributed by atoms with E-state index in [0.717, 1.165) is 0 Å². The molecule has 88 valence electrons. The Bertz CT molecular complexity index is 446. The fourth-order valence-corrected chi connectivity index (χ4v) is 1.16. The Hall–Kier alpha value is -2.35. The fraction of sp³-hybridized carbons (Fsp3) is 0.250. The summed E-state index contributed by atoms with van der Waals surface area (Å²) in [5, 5.41) is 11.0. The van der Waals surface area contributed by atoms with Crippen molar-refractivity contribution in [1.29, 1.82) is 5.26 Å². The predicted molar refractivity (Wildman–Crippen MR) is 60.1 cm³/mol. The van der Waals surface area contributed by atoms with Crippen LogP contribution in [0.3, 0.4) is 0 Å². The second-order valence-electron chi connectivity index (χ2n) is 3.18. The molecule has 0 atom stereocenters. The third kappa shape index (κ3) is 3.95. The number of amides is 1. The largest absolute Gasteiger partial charge is 0.465 e. The van der Waals surface area contributed by atoms with Gasteiger partial charge in [0, 0.05) is 5.56 Å². The molecule has 5 nitrogen and oxygen atoms in total. The van der Waals surface area contributed by atoms with E-state index in [9.17, 15) is 9.59 Å². The van der Waals surface area contributed by atoms with Gasteiger partial charge in [-0.1, -0.05) is 0 Å². The number of benzene rings is 1. The molecule has 0 radical (unpaired) electrons. The molecule has 0 heterocycles. The summed E-state index contributed by atoms with van der Waals surface area (Å²) < 4.78 is 4.67. The van der Waals surface area contributed by atoms with Gasteiger partial charge in [0.1, 0.15) is 6.54 Å². The van der Waals surface area contributed by atoms with E-state index in [1.807, 2.05) is 6.07 Å². The van der Waals surface area contributed by atoms with Crippen LogP contribution in [0.15, 0.2) is 24.3 Å². The van der Waals surface area contributed by atoms with E-state index in [1.54, 1.807) is 19.1 Å². The zero-order valence-corrected chi connectivity index (χ0v) is 9.40. The van der Waals surface area contributed by atoms with Gasteiger partial charge in [-0.15, -0.1) is 0 Å². The molecule has 1 aromatic rings. The molecule has 0 spiro atoms. The molecule has 1 N–H and O–H groups in total. The summed E-state index contributed by atoms with van der Waals surface area (Å²) >= 11 is 0. The maximum Gasteiger partial charge on any atom is 0.325 e. The van der Waals surface area contributed by atoms with E-state index in [4.69, 9.17) is 5.26 Å². The second-order valence-corrected chi connectivity index (χ2v) is 3.18. The maximum absolute atomic E-state index is 11.6. The minimum Gasteiger partial charge on any atom is -0.465 e. The average molecular weight is 232 g/mol. The topological polar surface area (TPSA) is 79.2 Å². The minimum absolute atomic E-state index is 0.160. The SMILES string of the molecule is CCOC(=O)CNC(=O)c1ccc(C#N)cc1. The molecular weight excluding hydrogens is 220 g/mol. The van der Waals surface area contributed by atoms with Gasteiger partial charge in [0.05, 0.1) is 18.2 Å². The molecule has 0 fully saturated rings. The number of hydrogen-bond acceptors (Lipinski definition) is 4. The van der Waals surface area contributed by atoms with Gasteiger partial charge < -0.3 is 10.1 Å². The Kier molecular flexibility index (Phi) is 4.70. The van der Waals surface area contributed by atoms with E-state index in [-0.39, 0.29) is 19.1 Å². The average Bonchev–Trinajstić information content (AvgIpc) is 2.36. The summed E-state index contributed by atoms with van der Waals surface area (Å²) in [4.78, 5) is 22.6. The Morgan fingerprint density at radius 3 is 2.53 bits per heavy atom. The van der Waals surface area contributed by atoms with E-state index >= 15 is 0 Å². The number of carbonyl (C=O) groups excluding carboxylic acids is 2. The summed E-state index contributed by atoms with van der Waals surface area (Å²) in [5.74, 6) is -0.850. The first-order chi connectivity index (χ1) is 8.17. The highest BCUT2D eigenvalue weighted by molar-refractivity contribution is 5.95. The normalized spacial score (nSPS) is 9.18. The van der Waals surface area contributed by atoms with Crippen LogP contribution in [0.25, 0.3) is 0 Å². The van der Waals surface area contributed by atoms with Crippen molar-refractivity contribution in [2.24, 2.45) is 0 Å². The molecule has 0 bridgehead atoms. The van der Waals surface area contributed by atoms with Crippen LogP contribution in [0.2, 0.25) is 0 Å². The van der Waals surface area contributed by atoms with Gasteiger partial charge in [-0.2, -0.15) is 5.26 Å².